The van der Waals surface area contributed by atoms with E-state index in [2.05, 4.69) is 10.6 Å². The molecule has 5 heteroatoms. The first-order valence-electron chi connectivity index (χ1n) is 7.80. The van der Waals surface area contributed by atoms with Crippen molar-refractivity contribution >= 4 is 17.5 Å². The molecule has 2 amide bonds. The van der Waals surface area contributed by atoms with E-state index < -0.39 is 0 Å². The number of carbonyl (C=O) groups is 2. The molecule has 2 rings (SSSR count). The standard InChI is InChI=1S/C18H22N2O3/c1-2-3-4-11-17(21)20-16-10-6-5-9-15(16)18(22)19-13-14-8-7-12-23-14/h2-6,9-11,14H,7-8,12-13H2,1H3,(H,19,22)(H,20,21)/b3-2+,11-4+. The molecular formula is C18H22N2O3. The van der Waals surface area contributed by atoms with Gasteiger partial charge in [0.15, 0.2) is 0 Å². The van der Waals surface area contributed by atoms with Gasteiger partial charge in [0.25, 0.3) is 5.91 Å². The minimum Gasteiger partial charge on any atom is -0.376 e. The molecule has 1 heterocycles. The second-order valence-electron chi connectivity index (χ2n) is 5.26. The summed E-state index contributed by atoms with van der Waals surface area (Å²) in [5.74, 6) is -0.490. The Morgan fingerprint density at radius 2 is 2.13 bits per heavy atom. The van der Waals surface area contributed by atoms with Gasteiger partial charge in [0.05, 0.1) is 17.4 Å². The fourth-order valence-electron chi connectivity index (χ4n) is 2.33. The molecule has 1 saturated heterocycles. The number of hydrogen-bond donors (Lipinski definition) is 2. The molecule has 1 aromatic carbocycles. The summed E-state index contributed by atoms with van der Waals surface area (Å²) in [5.41, 5.74) is 0.936. The lowest BCUT2D eigenvalue weighted by molar-refractivity contribution is -0.111. The van der Waals surface area contributed by atoms with Crippen molar-refractivity contribution in [2.75, 3.05) is 18.5 Å². The molecule has 0 bridgehead atoms. The van der Waals surface area contributed by atoms with Crippen LogP contribution in [0.4, 0.5) is 5.69 Å². The minimum absolute atomic E-state index is 0.0875. The second-order valence-corrected chi connectivity index (χ2v) is 5.26. The largest absolute Gasteiger partial charge is 0.376 e. The van der Waals surface area contributed by atoms with Gasteiger partial charge in [-0.15, -0.1) is 0 Å². The van der Waals surface area contributed by atoms with Gasteiger partial charge >= 0.3 is 0 Å². The molecule has 1 aliphatic heterocycles. The SMILES string of the molecule is C/C=C/C=C/C(=O)Nc1ccccc1C(=O)NCC1CCCO1. The van der Waals surface area contributed by atoms with Gasteiger partial charge in [0.2, 0.25) is 5.91 Å². The Hall–Kier alpha value is -2.40. The number of ether oxygens (including phenoxy) is 1. The van der Waals surface area contributed by atoms with Gasteiger partial charge in [-0.25, -0.2) is 0 Å². The number of rotatable bonds is 6. The van der Waals surface area contributed by atoms with Crippen LogP contribution in [-0.4, -0.2) is 31.1 Å². The molecule has 1 unspecified atom stereocenters. The van der Waals surface area contributed by atoms with Crippen LogP contribution in [0.15, 0.2) is 48.6 Å². The van der Waals surface area contributed by atoms with Crippen LogP contribution in [0.1, 0.15) is 30.1 Å². The monoisotopic (exact) mass is 314 g/mol. The Labute approximate surface area is 136 Å². The lowest BCUT2D eigenvalue weighted by Crippen LogP contribution is -2.32. The third-order valence-corrected chi connectivity index (χ3v) is 3.50. The highest BCUT2D eigenvalue weighted by molar-refractivity contribution is 6.06. The van der Waals surface area contributed by atoms with Crippen molar-refractivity contribution in [3.8, 4) is 0 Å². The maximum atomic E-state index is 12.3. The average molecular weight is 314 g/mol. The van der Waals surface area contributed by atoms with Crippen LogP contribution in [0, 0.1) is 0 Å². The molecule has 0 aromatic heterocycles. The molecule has 1 aromatic rings. The lowest BCUT2D eigenvalue weighted by Gasteiger charge is -2.13. The first-order chi connectivity index (χ1) is 11.2. The Morgan fingerprint density at radius 3 is 2.87 bits per heavy atom. The van der Waals surface area contributed by atoms with E-state index in [1.807, 2.05) is 13.0 Å². The van der Waals surface area contributed by atoms with E-state index >= 15 is 0 Å². The molecule has 0 saturated carbocycles. The number of allylic oxidation sites excluding steroid dienone is 3. The van der Waals surface area contributed by atoms with Gasteiger partial charge in [0.1, 0.15) is 0 Å². The molecule has 2 N–H and O–H groups in total. The van der Waals surface area contributed by atoms with Crippen molar-refractivity contribution in [3.63, 3.8) is 0 Å². The van der Waals surface area contributed by atoms with Crippen molar-refractivity contribution in [2.45, 2.75) is 25.9 Å². The van der Waals surface area contributed by atoms with Crippen LogP contribution in [0.25, 0.3) is 0 Å². The number of carbonyl (C=O) groups excluding carboxylic acids is 2. The van der Waals surface area contributed by atoms with Crippen LogP contribution < -0.4 is 10.6 Å². The van der Waals surface area contributed by atoms with Gasteiger partial charge in [-0.05, 0) is 31.9 Å². The maximum absolute atomic E-state index is 12.3. The average Bonchev–Trinajstić information content (AvgIpc) is 3.07. The van der Waals surface area contributed by atoms with Crippen molar-refractivity contribution in [1.82, 2.24) is 5.32 Å². The molecular weight excluding hydrogens is 292 g/mol. The third kappa shape index (κ3) is 5.38. The maximum Gasteiger partial charge on any atom is 0.253 e. The molecule has 1 aliphatic rings. The summed E-state index contributed by atoms with van der Waals surface area (Å²) >= 11 is 0. The number of hydrogen-bond acceptors (Lipinski definition) is 3. The highest BCUT2D eigenvalue weighted by atomic mass is 16.5. The second kappa shape index (κ2) is 8.90. The molecule has 1 fully saturated rings. The van der Waals surface area contributed by atoms with E-state index in [0.29, 0.717) is 17.8 Å². The first kappa shape index (κ1) is 17.0. The van der Waals surface area contributed by atoms with Crippen LogP contribution in [-0.2, 0) is 9.53 Å². The fraction of sp³-hybridized carbons (Fsp3) is 0.333. The first-order valence-corrected chi connectivity index (χ1v) is 7.80. The molecule has 5 nitrogen and oxygen atoms in total. The highest BCUT2D eigenvalue weighted by Gasteiger charge is 2.18. The van der Waals surface area contributed by atoms with Crippen molar-refractivity contribution < 1.29 is 14.3 Å². The number of nitrogens with one attached hydrogen (secondary N) is 2. The van der Waals surface area contributed by atoms with E-state index in [1.165, 1.54) is 6.08 Å². The third-order valence-electron chi connectivity index (χ3n) is 3.50. The predicted molar refractivity (Wildman–Crippen MR) is 90.3 cm³/mol. The number of amides is 2. The van der Waals surface area contributed by atoms with Crippen LogP contribution in [0.5, 0.6) is 0 Å². The zero-order valence-electron chi connectivity index (χ0n) is 13.2. The Balaban J connectivity index is 1.98. The fourth-order valence-corrected chi connectivity index (χ4v) is 2.33. The zero-order chi connectivity index (χ0) is 16.5. The van der Waals surface area contributed by atoms with E-state index in [-0.39, 0.29) is 17.9 Å². The smallest absolute Gasteiger partial charge is 0.253 e. The highest BCUT2D eigenvalue weighted by Crippen LogP contribution is 2.16. The van der Waals surface area contributed by atoms with Crippen LogP contribution in [0.3, 0.4) is 0 Å². The molecule has 0 spiro atoms. The van der Waals surface area contributed by atoms with Crippen molar-refractivity contribution in [1.29, 1.82) is 0 Å². The Bertz CT molecular complexity index is 602. The van der Waals surface area contributed by atoms with E-state index in [9.17, 15) is 9.59 Å². The topological polar surface area (TPSA) is 67.4 Å². The van der Waals surface area contributed by atoms with E-state index in [0.717, 1.165) is 19.4 Å². The normalized spacial score (nSPS) is 17.7. The van der Waals surface area contributed by atoms with Gasteiger partial charge < -0.3 is 15.4 Å². The van der Waals surface area contributed by atoms with E-state index in [1.54, 1.807) is 36.4 Å². The summed E-state index contributed by atoms with van der Waals surface area (Å²) in [5, 5.41) is 5.59. The van der Waals surface area contributed by atoms with Crippen LogP contribution in [0.2, 0.25) is 0 Å². The molecule has 0 aliphatic carbocycles. The minimum atomic E-state index is -0.275. The van der Waals surface area contributed by atoms with E-state index in [4.69, 9.17) is 4.74 Å². The van der Waals surface area contributed by atoms with Gasteiger partial charge in [-0.2, -0.15) is 0 Å². The van der Waals surface area contributed by atoms with Crippen LogP contribution >= 0.6 is 0 Å². The molecule has 1 atom stereocenters. The quantitative estimate of drug-likeness (QED) is 0.626. The summed E-state index contributed by atoms with van der Waals surface area (Å²) in [4.78, 5) is 24.2. The summed E-state index contributed by atoms with van der Waals surface area (Å²) < 4.78 is 5.49. The summed E-state index contributed by atoms with van der Waals surface area (Å²) in [6, 6.07) is 6.95. The van der Waals surface area contributed by atoms with Gasteiger partial charge in [-0.3, -0.25) is 9.59 Å². The molecule has 122 valence electrons. The van der Waals surface area contributed by atoms with Gasteiger partial charge in [-0.1, -0.05) is 30.4 Å². The molecule has 23 heavy (non-hydrogen) atoms. The number of benzene rings is 1. The predicted octanol–water partition coefficient (Wildman–Crippen LogP) is 2.67. The van der Waals surface area contributed by atoms with Gasteiger partial charge in [0, 0.05) is 19.2 Å². The summed E-state index contributed by atoms with van der Waals surface area (Å²) in [6.07, 6.45) is 8.75. The Kier molecular flexibility index (Phi) is 6.56. The summed E-state index contributed by atoms with van der Waals surface area (Å²) in [7, 11) is 0. The zero-order valence-corrected chi connectivity index (χ0v) is 13.2. The number of anilines is 1. The Morgan fingerprint density at radius 1 is 1.30 bits per heavy atom. The van der Waals surface area contributed by atoms with Crippen molar-refractivity contribution in [3.05, 3.63) is 54.1 Å². The number of para-hydroxylation sites is 1. The van der Waals surface area contributed by atoms with Crippen molar-refractivity contribution in [2.24, 2.45) is 0 Å². The lowest BCUT2D eigenvalue weighted by atomic mass is 10.1. The summed E-state index contributed by atoms with van der Waals surface area (Å²) in [6.45, 7) is 3.12. The molecule has 0 radical (unpaired) electrons.